The number of allylic oxidation sites excluding steroid dienone is 1. The Balaban J connectivity index is 2.87. The van der Waals surface area contributed by atoms with E-state index < -0.39 is 5.60 Å². The molecule has 1 N–H and O–H groups in total. The first-order valence-corrected chi connectivity index (χ1v) is 7.04. The van der Waals surface area contributed by atoms with Crippen LogP contribution in [0.2, 0.25) is 0 Å². The molecule has 0 aliphatic rings. The summed E-state index contributed by atoms with van der Waals surface area (Å²) in [5.41, 5.74) is -0.688. The predicted octanol–water partition coefficient (Wildman–Crippen LogP) is 3.14. The molecule has 0 unspecified atom stereocenters. The van der Waals surface area contributed by atoms with E-state index >= 15 is 0 Å². The van der Waals surface area contributed by atoms with E-state index in [-0.39, 0.29) is 5.92 Å². The van der Waals surface area contributed by atoms with Crippen molar-refractivity contribution in [3.05, 3.63) is 24.8 Å². The van der Waals surface area contributed by atoms with Crippen molar-refractivity contribution in [1.82, 2.24) is 14.8 Å². The van der Waals surface area contributed by atoms with Crippen LogP contribution < -0.4 is 0 Å². The number of rotatable bonds is 8. The molecule has 1 atom stereocenters. The Morgan fingerprint density at radius 2 is 2.11 bits per heavy atom. The quantitative estimate of drug-likeness (QED) is 0.735. The van der Waals surface area contributed by atoms with E-state index in [0.29, 0.717) is 18.9 Å². The van der Waals surface area contributed by atoms with Gasteiger partial charge in [0.1, 0.15) is 12.2 Å². The molecule has 1 aromatic heterocycles. The summed E-state index contributed by atoms with van der Waals surface area (Å²) in [5, 5.41) is 18.3. The zero-order valence-corrected chi connectivity index (χ0v) is 12.6. The van der Waals surface area contributed by atoms with Crippen LogP contribution in [-0.4, -0.2) is 25.5 Å². The minimum Gasteiger partial charge on any atom is -0.390 e. The maximum atomic E-state index is 10.1. The molecule has 0 saturated carbocycles. The topological polar surface area (TPSA) is 50.9 Å². The fourth-order valence-corrected chi connectivity index (χ4v) is 2.32. The second-order valence-electron chi connectivity index (χ2n) is 6.31. The van der Waals surface area contributed by atoms with Gasteiger partial charge in [-0.25, -0.2) is 0 Å². The molecular formula is C15H27N3O. The average Bonchev–Trinajstić information content (AvgIpc) is 2.71. The van der Waals surface area contributed by atoms with Gasteiger partial charge < -0.3 is 9.67 Å². The Labute approximate surface area is 116 Å². The molecule has 0 aliphatic carbocycles. The first-order valence-electron chi connectivity index (χ1n) is 7.04. The molecule has 1 aromatic rings. The molecule has 4 heteroatoms. The number of aliphatic hydroxyl groups is 1. The first kappa shape index (κ1) is 15.9. The summed E-state index contributed by atoms with van der Waals surface area (Å²) in [6.45, 7) is 12.6. The molecule has 19 heavy (non-hydrogen) atoms. The molecule has 0 fully saturated rings. The molecule has 0 aliphatic heterocycles. The molecule has 0 bridgehead atoms. The Kier molecular flexibility index (Phi) is 5.73. The zero-order valence-electron chi connectivity index (χ0n) is 12.6. The lowest BCUT2D eigenvalue weighted by Gasteiger charge is -2.25. The molecule has 0 saturated heterocycles. The smallest absolute Gasteiger partial charge is 0.136 e. The second kappa shape index (κ2) is 6.85. The molecule has 0 radical (unpaired) electrons. The first-order chi connectivity index (χ1) is 8.83. The number of aromatic nitrogens is 3. The van der Waals surface area contributed by atoms with E-state index in [1.54, 1.807) is 6.33 Å². The van der Waals surface area contributed by atoms with Crippen molar-refractivity contribution in [3.8, 4) is 0 Å². The summed E-state index contributed by atoms with van der Waals surface area (Å²) >= 11 is 0. The van der Waals surface area contributed by atoms with Crippen LogP contribution in [0.4, 0.5) is 0 Å². The van der Waals surface area contributed by atoms with Crippen LogP contribution in [0.3, 0.4) is 0 Å². The van der Waals surface area contributed by atoms with Crippen LogP contribution in [0, 0.1) is 5.92 Å². The maximum Gasteiger partial charge on any atom is 0.136 e. The molecular weight excluding hydrogens is 238 g/mol. The number of nitrogens with zero attached hydrogens (tertiary/aromatic N) is 3. The van der Waals surface area contributed by atoms with Gasteiger partial charge in [0.25, 0.3) is 0 Å². The Morgan fingerprint density at radius 3 is 2.63 bits per heavy atom. The summed E-state index contributed by atoms with van der Waals surface area (Å²) in [6, 6.07) is 0. The monoisotopic (exact) mass is 265 g/mol. The third-order valence-corrected chi connectivity index (χ3v) is 3.17. The van der Waals surface area contributed by atoms with Crippen molar-refractivity contribution >= 4 is 0 Å². The minimum absolute atomic E-state index is 0.241. The number of hydrogen-bond donors (Lipinski definition) is 1. The highest BCUT2D eigenvalue weighted by atomic mass is 16.3. The van der Waals surface area contributed by atoms with Crippen molar-refractivity contribution in [2.75, 3.05) is 0 Å². The van der Waals surface area contributed by atoms with Gasteiger partial charge in [-0.2, -0.15) is 0 Å². The van der Waals surface area contributed by atoms with Gasteiger partial charge in [0.15, 0.2) is 0 Å². The van der Waals surface area contributed by atoms with Gasteiger partial charge in [-0.05, 0) is 32.6 Å². The van der Waals surface area contributed by atoms with Crippen molar-refractivity contribution < 1.29 is 5.11 Å². The summed E-state index contributed by atoms with van der Waals surface area (Å²) in [4.78, 5) is 0. The zero-order chi connectivity index (χ0) is 14.5. The van der Waals surface area contributed by atoms with Gasteiger partial charge in [-0.15, -0.1) is 16.8 Å². The van der Waals surface area contributed by atoms with Gasteiger partial charge >= 0.3 is 0 Å². The van der Waals surface area contributed by atoms with Crippen molar-refractivity contribution in [1.29, 1.82) is 0 Å². The average molecular weight is 265 g/mol. The minimum atomic E-state index is -0.688. The van der Waals surface area contributed by atoms with Crippen molar-refractivity contribution in [2.45, 2.75) is 65.0 Å². The van der Waals surface area contributed by atoms with Crippen LogP contribution in [-0.2, 0) is 6.54 Å². The molecule has 4 nitrogen and oxygen atoms in total. The third kappa shape index (κ3) is 5.55. The van der Waals surface area contributed by atoms with Crippen LogP contribution in [0.5, 0.6) is 0 Å². The molecule has 108 valence electrons. The van der Waals surface area contributed by atoms with Crippen LogP contribution in [0.25, 0.3) is 0 Å². The van der Waals surface area contributed by atoms with Crippen LogP contribution in [0.1, 0.15) is 58.7 Å². The van der Waals surface area contributed by atoms with Crippen molar-refractivity contribution in [3.63, 3.8) is 0 Å². The van der Waals surface area contributed by atoms with Crippen LogP contribution in [0.15, 0.2) is 19.0 Å². The summed E-state index contributed by atoms with van der Waals surface area (Å²) in [5.74, 6) is 1.85. The summed E-state index contributed by atoms with van der Waals surface area (Å²) < 4.78 is 2.02. The fourth-order valence-electron chi connectivity index (χ4n) is 2.32. The number of hydrogen-bond acceptors (Lipinski definition) is 3. The molecule has 1 rings (SSSR count). The highest BCUT2D eigenvalue weighted by Gasteiger charge is 2.25. The largest absolute Gasteiger partial charge is 0.390 e. The summed E-state index contributed by atoms with van der Waals surface area (Å²) in [7, 11) is 0. The standard InChI is InChI=1S/C15H27N3O/c1-6-9-18-11-16-17-14(18)13(8-7-12(2)3)10-15(4,5)19/h6,11-13,19H,1,7-10H2,2-5H3/t13-/m1/s1. The van der Waals surface area contributed by atoms with E-state index in [0.717, 1.165) is 18.7 Å². The van der Waals surface area contributed by atoms with Gasteiger partial charge in [-0.3, -0.25) is 0 Å². The van der Waals surface area contributed by atoms with E-state index in [1.165, 1.54) is 0 Å². The third-order valence-electron chi connectivity index (χ3n) is 3.17. The van der Waals surface area contributed by atoms with E-state index in [9.17, 15) is 5.11 Å². The summed E-state index contributed by atoms with van der Waals surface area (Å²) in [6.07, 6.45) is 6.44. The molecule has 1 heterocycles. The Bertz CT molecular complexity index is 390. The van der Waals surface area contributed by atoms with Gasteiger partial charge in [0, 0.05) is 12.5 Å². The fraction of sp³-hybridized carbons (Fsp3) is 0.733. The van der Waals surface area contributed by atoms with E-state index in [2.05, 4.69) is 30.6 Å². The van der Waals surface area contributed by atoms with Gasteiger partial charge in [0.05, 0.1) is 5.60 Å². The molecule has 0 spiro atoms. The lowest BCUT2D eigenvalue weighted by atomic mass is 9.87. The van der Waals surface area contributed by atoms with Gasteiger partial charge in [0.2, 0.25) is 0 Å². The molecule has 0 aromatic carbocycles. The van der Waals surface area contributed by atoms with E-state index in [1.807, 2.05) is 24.5 Å². The van der Waals surface area contributed by atoms with Crippen LogP contribution >= 0.6 is 0 Å². The van der Waals surface area contributed by atoms with E-state index in [4.69, 9.17) is 0 Å². The molecule has 0 amide bonds. The lowest BCUT2D eigenvalue weighted by Crippen LogP contribution is -2.24. The SMILES string of the molecule is C=CCn1cnnc1[C@H](CCC(C)C)CC(C)(C)O. The highest BCUT2D eigenvalue weighted by molar-refractivity contribution is 5.00. The lowest BCUT2D eigenvalue weighted by molar-refractivity contribution is 0.0599. The Morgan fingerprint density at radius 1 is 1.42 bits per heavy atom. The second-order valence-corrected chi connectivity index (χ2v) is 6.31. The normalized spacial score (nSPS) is 13.8. The van der Waals surface area contributed by atoms with Crippen molar-refractivity contribution in [2.24, 2.45) is 5.92 Å². The predicted molar refractivity (Wildman–Crippen MR) is 77.9 cm³/mol. The highest BCUT2D eigenvalue weighted by Crippen LogP contribution is 2.30. The maximum absolute atomic E-state index is 10.1. The van der Waals surface area contributed by atoms with Gasteiger partial charge in [-0.1, -0.05) is 26.3 Å². The Hall–Kier alpha value is -1.16.